The van der Waals surface area contributed by atoms with Crippen molar-refractivity contribution in [3.8, 4) is 11.5 Å². The summed E-state index contributed by atoms with van der Waals surface area (Å²) in [5.41, 5.74) is 0.762. The third-order valence-electron chi connectivity index (χ3n) is 2.60. The van der Waals surface area contributed by atoms with Crippen LogP contribution in [0.1, 0.15) is 12.8 Å². The fourth-order valence-electron chi connectivity index (χ4n) is 1.57. The van der Waals surface area contributed by atoms with Crippen molar-refractivity contribution in [3.05, 3.63) is 18.2 Å². The highest BCUT2D eigenvalue weighted by molar-refractivity contribution is 5.66. The first-order valence-corrected chi connectivity index (χ1v) is 5.30. The highest BCUT2D eigenvalue weighted by atomic mass is 16.5. The Labute approximate surface area is 90.3 Å². The molecule has 0 heterocycles. The number of nitrogens with zero attached hydrogens (tertiary/aromatic N) is 1. The predicted octanol–water partition coefficient (Wildman–Crippen LogP) is 2.25. The van der Waals surface area contributed by atoms with Gasteiger partial charge in [0.05, 0.1) is 6.61 Å². The number of hydrogen-bond acceptors (Lipinski definition) is 3. The molecule has 3 nitrogen and oxygen atoms in total. The van der Waals surface area contributed by atoms with E-state index in [2.05, 4.69) is 0 Å². The summed E-state index contributed by atoms with van der Waals surface area (Å²) >= 11 is 0. The average molecular weight is 207 g/mol. The van der Waals surface area contributed by atoms with Crippen LogP contribution in [0.5, 0.6) is 11.5 Å². The number of phenolic OH excluding ortho intramolecular Hbond substituents is 1. The number of rotatable bonds is 4. The Morgan fingerprint density at radius 2 is 2.13 bits per heavy atom. The molecule has 1 N–H and O–H groups in total. The molecule has 1 saturated carbocycles. The quantitative estimate of drug-likeness (QED) is 0.822. The van der Waals surface area contributed by atoms with Crippen LogP contribution in [-0.4, -0.2) is 25.8 Å². The molecule has 0 bridgehead atoms. The molecule has 0 aliphatic heterocycles. The van der Waals surface area contributed by atoms with Crippen molar-refractivity contribution in [1.29, 1.82) is 0 Å². The van der Waals surface area contributed by atoms with Crippen molar-refractivity contribution >= 4 is 5.69 Å². The maximum absolute atomic E-state index is 9.72. The molecule has 0 unspecified atom stereocenters. The van der Waals surface area contributed by atoms with Gasteiger partial charge in [0.25, 0.3) is 0 Å². The van der Waals surface area contributed by atoms with Gasteiger partial charge in [-0.05, 0) is 30.9 Å². The van der Waals surface area contributed by atoms with Crippen LogP contribution >= 0.6 is 0 Å². The summed E-state index contributed by atoms with van der Waals surface area (Å²) in [6.07, 6.45) is 2.55. The second-order valence-electron chi connectivity index (χ2n) is 4.27. The summed E-state index contributed by atoms with van der Waals surface area (Å²) in [5, 5.41) is 9.72. The molecule has 3 heteroatoms. The molecule has 0 saturated heterocycles. The van der Waals surface area contributed by atoms with Crippen LogP contribution in [0.3, 0.4) is 0 Å². The van der Waals surface area contributed by atoms with E-state index < -0.39 is 0 Å². The Hall–Kier alpha value is -1.38. The lowest BCUT2D eigenvalue weighted by atomic mass is 10.2. The minimum atomic E-state index is 0.272. The molecule has 0 amide bonds. The van der Waals surface area contributed by atoms with Gasteiger partial charge < -0.3 is 14.7 Å². The minimum absolute atomic E-state index is 0.272. The van der Waals surface area contributed by atoms with Crippen LogP contribution < -0.4 is 9.64 Å². The molecular weight excluding hydrogens is 190 g/mol. The monoisotopic (exact) mass is 207 g/mol. The normalized spacial score (nSPS) is 15.1. The van der Waals surface area contributed by atoms with Gasteiger partial charge in [-0.3, -0.25) is 0 Å². The molecule has 1 aromatic carbocycles. The van der Waals surface area contributed by atoms with Crippen molar-refractivity contribution in [2.75, 3.05) is 25.6 Å². The number of phenols is 1. The molecular formula is C12H17NO2. The fourth-order valence-corrected chi connectivity index (χ4v) is 1.57. The Morgan fingerprint density at radius 3 is 2.73 bits per heavy atom. The molecule has 1 aliphatic rings. The molecule has 1 aromatic rings. The molecule has 0 atom stereocenters. The zero-order valence-electron chi connectivity index (χ0n) is 9.23. The van der Waals surface area contributed by atoms with E-state index in [0.29, 0.717) is 0 Å². The van der Waals surface area contributed by atoms with Crippen molar-refractivity contribution in [1.82, 2.24) is 0 Å². The third-order valence-corrected chi connectivity index (χ3v) is 2.60. The lowest BCUT2D eigenvalue weighted by Gasteiger charge is -2.18. The topological polar surface area (TPSA) is 32.7 Å². The Morgan fingerprint density at radius 1 is 1.40 bits per heavy atom. The third kappa shape index (κ3) is 2.35. The van der Waals surface area contributed by atoms with Gasteiger partial charge in [0.1, 0.15) is 17.2 Å². The van der Waals surface area contributed by atoms with Crippen molar-refractivity contribution < 1.29 is 9.84 Å². The summed E-state index contributed by atoms with van der Waals surface area (Å²) in [5.74, 6) is 1.77. The van der Waals surface area contributed by atoms with Gasteiger partial charge in [0, 0.05) is 14.1 Å². The van der Waals surface area contributed by atoms with Crippen molar-refractivity contribution in [2.45, 2.75) is 12.8 Å². The van der Waals surface area contributed by atoms with E-state index in [4.69, 9.17) is 4.74 Å². The molecule has 0 aromatic heterocycles. The summed E-state index contributed by atoms with van der Waals surface area (Å²) in [7, 11) is 3.80. The lowest BCUT2D eigenvalue weighted by molar-refractivity contribution is 0.299. The van der Waals surface area contributed by atoms with E-state index in [-0.39, 0.29) is 5.75 Å². The first-order valence-electron chi connectivity index (χ1n) is 5.30. The smallest absolute Gasteiger partial charge is 0.146 e. The molecule has 0 spiro atoms. The number of ether oxygens (including phenoxy) is 1. The number of aromatic hydroxyl groups is 1. The summed E-state index contributed by atoms with van der Waals surface area (Å²) in [4.78, 5) is 1.87. The van der Waals surface area contributed by atoms with Gasteiger partial charge in [-0.15, -0.1) is 0 Å². The van der Waals surface area contributed by atoms with E-state index in [9.17, 15) is 5.11 Å². The van der Waals surface area contributed by atoms with Crippen LogP contribution in [0.15, 0.2) is 18.2 Å². The molecule has 15 heavy (non-hydrogen) atoms. The Balaban J connectivity index is 2.15. The molecule has 0 radical (unpaired) electrons. The summed E-state index contributed by atoms with van der Waals surface area (Å²) < 4.78 is 5.70. The van der Waals surface area contributed by atoms with Crippen LogP contribution in [0.4, 0.5) is 5.69 Å². The predicted molar refractivity (Wildman–Crippen MR) is 60.7 cm³/mol. The standard InChI is InChI=1S/C12H17NO2/c1-13(2)12-10(14)4-3-5-11(12)15-8-9-6-7-9/h3-5,9,14H,6-8H2,1-2H3. The van der Waals surface area contributed by atoms with Gasteiger partial charge in [-0.25, -0.2) is 0 Å². The van der Waals surface area contributed by atoms with Gasteiger partial charge in [0.15, 0.2) is 0 Å². The average Bonchev–Trinajstić information content (AvgIpc) is 2.97. The maximum atomic E-state index is 9.72. The zero-order chi connectivity index (χ0) is 10.8. The van der Waals surface area contributed by atoms with Gasteiger partial charge >= 0.3 is 0 Å². The molecule has 2 rings (SSSR count). The first kappa shape index (κ1) is 10.1. The van der Waals surface area contributed by atoms with Gasteiger partial charge in [0.2, 0.25) is 0 Å². The molecule has 1 fully saturated rings. The zero-order valence-corrected chi connectivity index (χ0v) is 9.23. The van der Waals surface area contributed by atoms with Crippen LogP contribution in [0.25, 0.3) is 0 Å². The maximum Gasteiger partial charge on any atom is 0.146 e. The number of anilines is 1. The fraction of sp³-hybridized carbons (Fsp3) is 0.500. The van der Waals surface area contributed by atoms with Crippen LogP contribution in [0, 0.1) is 5.92 Å². The lowest BCUT2D eigenvalue weighted by Crippen LogP contribution is -2.11. The molecule has 1 aliphatic carbocycles. The summed E-state index contributed by atoms with van der Waals surface area (Å²) in [6.45, 7) is 0.768. The first-order chi connectivity index (χ1) is 7.18. The van der Waals surface area contributed by atoms with Crippen molar-refractivity contribution in [2.24, 2.45) is 5.92 Å². The van der Waals surface area contributed by atoms with Gasteiger partial charge in [-0.1, -0.05) is 6.07 Å². The SMILES string of the molecule is CN(C)c1c(O)cccc1OCC1CC1. The number of benzene rings is 1. The highest BCUT2D eigenvalue weighted by Crippen LogP contribution is 2.37. The summed E-state index contributed by atoms with van der Waals surface area (Å²) in [6, 6.07) is 5.39. The van der Waals surface area contributed by atoms with E-state index in [0.717, 1.165) is 24.0 Å². The minimum Gasteiger partial charge on any atom is -0.506 e. The van der Waals surface area contributed by atoms with Crippen LogP contribution in [0.2, 0.25) is 0 Å². The second kappa shape index (κ2) is 4.01. The molecule has 82 valence electrons. The van der Waals surface area contributed by atoms with Gasteiger partial charge in [-0.2, -0.15) is 0 Å². The second-order valence-corrected chi connectivity index (χ2v) is 4.27. The van der Waals surface area contributed by atoms with E-state index in [1.807, 2.05) is 31.1 Å². The Bertz CT molecular complexity index is 345. The largest absolute Gasteiger partial charge is 0.506 e. The van der Waals surface area contributed by atoms with Crippen molar-refractivity contribution in [3.63, 3.8) is 0 Å². The van der Waals surface area contributed by atoms with E-state index in [1.54, 1.807) is 6.07 Å². The van der Waals surface area contributed by atoms with E-state index >= 15 is 0 Å². The Kier molecular flexibility index (Phi) is 2.71. The number of para-hydroxylation sites is 1. The number of hydrogen-bond donors (Lipinski definition) is 1. The highest BCUT2D eigenvalue weighted by Gasteiger charge is 2.22. The van der Waals surface area contributed by atoms with Crippen LogP contribution in [-0.2, 0) is 0 Å². The van der Waals surface area contributed by atoms with E-state index in [1.165, 1.54) is 12.8 Å².